The number of benzene rings is 1. The first kappa shape index (κ1) is 19.3. The van der Waals surface area contributed by atoms with Gasteiger partial charge in [-0.1, -0.05) is 18.2 Å². The van der Waals surface area contributed by atoms with Crippen LogP contribution in [0.1, 0.15) is 42.6 Å². The zero-order valence-electron chi connectivity index (χ0n) is 16.7. The van der Waals surface area contributed by atoms with Crippen LogP contribution in [0.3, 0.4) is 0 Å². The molecule has 2 atom stereocenters. The minimum atomic E-state index is -0.824. The van der Waals surface area contributed by atoms with Crippen molar-refractivity contribution in [2.24, 2.45) is 0 Å². The Morgan fingerprint density at radius 2 is 1.79 bits per heavy atom. The van der Waals surface area contributed by atoms with E-state index in [1.165, 1.54) is 0 Å². The quantitative estimate of drug-likeness (QED) is 0.793. The average molecular weight is 383 g/mol. The Morgan fingerprint density at radius 3 is 2.43 bits per heavy atom. The number of piperidine rings is 1. The van der Waals surface area contributed by atoms with Gasteiger partial charge in [-0.15, -0.1) is 0 Å². The fourth-order valence-corrected chi connectivity index (χ4v) is 4.82. The number of ether oxygens (including phenoxy) is 2. The third-order valence-electron chi connectivity index (χ3n) is 6.18. The summed E-state index contributed by atoms with van der Waals surface area (Å²) >= 11 is 0. The monoisotopic (exact) mass is 383 g/mol. The highest BCUT2D eigenvalue weighted by atomic mass is 16.5. The lowest BCUT2D eigenvalue weighted by atomic mass is 9.80. The van der Waals surface area contributed by atoms with Gasteiger partial charge >= 0.3 is 0 Å². The van der Waals surface area contributed by atoms with Crippen molar-refractivity contribution in [3.63, 3.8) is 0 Å². The number of aliphatic hydroxyl groups is 1. The molecule has 2 bridgehead atoms. The Hall–Kier alpha value is -2.02. The van der Waals surface area contributed by atoms with Crippen LogP contribution < -0.4 is 4.74 Å². The molecular formula is C22H29N3O3. The molecule has 3 heterocycles. The number of hydrogen-bond donors (Lipinski definition) is 1. The van der Waals surface area contributed by atoms with E-state index in [9.17, 15) is 5.11 Å². The molecule has 0 amide bonds. The van der Waals surface area contributed by atoms with Gasteiger partial charge in [-0.05, 0) is 31.7 Å². The van der Waals surface area contributed by atoms with E-state index in [2.05, 4.69) is 14.9 Å². The summed E-state index contributed by atoms with van der Waals surface area (Å²) in [6, 6.07) is 8.59. The van der Waals surface area contributed by atoms with Crippen molar-refractivity contribution in [1.29, 1.82) is 0 Å². The summed E-state index contributed by atoms with van der Waals surface area (Å²) in [6.45, 7) is 1.47. The van der Waals surface area contributed by atoms with Crippen LogP contribution in [-0.4, -0.2) is 52.9 Å². The molecule has 1 aromatic carbocycles. The minimum Gasteiger partial charge on any atom is -0.496 e. The van der Waals surface area contributed by atoms with Crippen molar-refractivity contribution < 1.29 is 14.6 Å². The van der Waals surface area contributed by atoms with E-state index in [0.29, 0.717) is 18.7 Å². The number of methoxy groups -OCH3 is 2. The van der Waals surface area contributed by atoms with Crippen LogP contribution in [0.25, 0.3) is 0 Å². The van der Waals surface area contributed by atoms with Crippen LogP contribution in [0.2, 0.25) is 0 Å². The summed E-state index contributed by atoms with van der Waals surface area (Å²) in [7, 11) is 3.36. The lowest BCUT2D eigenvalue weighted by molar-refractivity contribution is -0.0607. The van der Waals surface area contributed by atoms with Gasteiger partial charge in [-0.25, -0.2) is 9.97 Å². The Bertz CT molecular complexity index is 782. The summed E-state index contributed by atoms with van der Waals surface area (Å²) in [6.07, 6.45) is 8.30. The lowest BCUT2D eigenvalue weighted by Gasteiger charge is -2.44. The number of rotatable bonds is 7. The molecule has 2 aromatic rings. The topological polar surface area (TPSA) is 67.7 Å². The largest absolute Gasteiger partial charge is 0.496 e. The first-order chi connectivity index (χ1) is 13.6. The number of para-hydroxylation sites is 1. The van der Waals surface area contributed by atoms with E-state index < -0.39 is 5.60 Å². The molecule has 6 nitrogen and oxygen atoms in total. The van der Waals surface area contributed by atoms with Crippen LogP contribution in [0.5, 0.6) is 5.75 Å². The molecule has 2 saturated heterocycles. The second-order valence-corrected chi connectivity index (χ2v) is 7.95. The lowest BCUT2D eigenvalue weighted by Crippen LogP contribution is -2.49. The number of hydrogen-bond acceptors (Lipinski definition) is 6. The highest BCUT2D eigenvalue weighted by molar-refractivity contribution is 5.39. The molecule has 0 radical (unpaired) electrons. The van der Waals surface area contributed by atoms with E-state index in [1.807, 2.05) is 36.7 Å². The van der Waals surface area contributed by atoms with E-state index >= 15 is 0 Å². The molecule has 0 spiro atoms. The van der Waals surface area contributed by atoms with Crippen LogP contribution in [0, 0.1) is 0 Å². The Kier molecular flexibility index (Phi) is 5.62. The maximum atomic E-state index is 11.5. The number of nitrogens with zero attached hydrogens (tertiary/aromatic N) is 3. The highest BCUT2D eigenvalue weighted by Crippen LogP contribution is 2.48. The van der Waals surface area contributed by atoms with E-state index in [1.54, 1.807) is 14.2 Å². The summed E-state index contributed by atoms with van der Waals surface area (Å²) in [4.78, 5) is 11.5. The third kappa shape index (κ3) is 3.77. The highest BCUT2D eigenvalue weighted by Gasteiger charge is 2.49. The van der Waals surface area contributed by atoms with Crippen molar-refractivity contribution in [3.8, 4) is 5.75 Å². The normalized spacial score (nSPS) is 27.1. The zero-order valence-corrected chi connectivity index (χ0v) is 16.7. The summed E-state index contributed by atoms with van der Waals surface area (Å²) in [5, 5.41) is 11.5. The van der Waals surface area contributed by atoms with Gasteiger partial charge in [-0.3, -0.25) is 4.90 Å². The molecule has 2 aliphatic heterocycles. The molecule has 2 fully saturated rings. The molecule has 0 saturated carbocycles. The van der Waals surface area contributed by atoms with Crippen molar-refractivity contribution >= 4 is 0 Å². The van der Waals surface area contributed by atoms with Crippen molar-refractivity contribution in [3.05, 3.63) is 53.6 Å². The molecule has 2 aliphatic rings. The summed E-state index contributed by atoms with van der Waals surface area (Å²) in [5.41, 5.74) is 1.22. The van der Waals surface area contributed by atoms with Crippen molar-refractivity contribution in [1.82, 2.24) is 14.9 Å². The molecule has 4 rings (SSSR count). The molecule has 1 N–H and O–H groups in total. The second kappa shape index (κ2) is 8.15. The maximum Gasteiger partial charge on any atom is 0.130 e. The van der Waals surface area contributed by atoms with Gasteiger partial charge in [0, 0.05) is 55.7 Å². The SMILES string of the molecule is COCCc1ncc(CN2[C@@H]3CC[C@@H]2CC(O)(c2ccccc2OC)C3)cn1. The third-order valence-corrected chi connectivity index (χ3v) is 6.18. The molecular weight excluding hydrogens is 354 g/mol. The van der Waals surface area contributed by atoms with E-state index in [-0.39, 0.29) is 0 Å². The Balaban J connectivity index is 1.47. The number of fused-ring (bicyclic) bond motifs is 2. The average Bonchev–Trinajstić information content (AvgIpc) is 2.96. The first-order valence-electron chi connectivity index (χ1n) is 10.0. The molecule has 0 unspecified atom stereocenters. The molecule has 6 heteroatoms. The van der Waals surface area contributed by atoms with E-state index in [4.69, 9.17) is 9.47 Å². The predicted molar refractivity (Wildman–Crippen MR) is 106 cm³/mol. The molecule has 1 aromatic heterocycles. The van der Waals surface area contributed by atoms with Crippen molar-refractivity contribution in [2.45, 2.75) is 56.3 Å². The predicted octanol–water partition coefficient (Wildman–Crippen LogP) is 2.69. The van der Waals surface area contributed by atoms with Crippen LogP contribution >= 0.6 is 0 Å². The van der Waals surface area contributed by atoms with Gasteiger partial charge in [0.05, 0.1) is 19.3 Å². The van der Waals surface area contributed by atoms with Crippen LogP contribution in [-0.2, 0) is 23.3 Å². The molecule has 150 valence electrons. The van der Waals surface area contributed by atoms with Crippen LogP contribution in [0.4, 0.5) is 0 Å². The molecule has 28 heavy (non-hydrogen) atoms. The zero-order chi connectivity index (χ0) is 19.6. The van der Waals surface area contributed by atoms with Gasteiger partial charge in [0.25, 0.3) is 0 Å². The van der Waals surface area contributed by atoms with Gasteiger partial charge in [0.15, 0.2) is 0 Å². The second-order valence-electron chi connectivity index (χ2n) is 7.95. The maximum absolute atomic E-state index is 11.5. The van der Waals surface area contributed by atoms with Crippen LogP contribution in [0.15, 0.2) is 36.7 Å². The van der Waals surface area contributed by atoms with Gasteiger partial charge in [0.2, 0.25) is 0 Å². The standard InChI is InChI=1S/C22H29N3O3/c1-27-10-9-21-23-13-16(14-24-21)15-25-17-7-8-18(25)12-22(26,11-17)19-5-3-4-6-20(19)28-2/h3-6,13-14,17-18,26H,7-12,15H2,1-2H3/t17-,18-/m1/s1. The van der Waals surface area contributed by atoms with E-state index in [0.717, 1.165) is 61.3 Å². The van der Waals surface area contributed by atoms with Crippen molar-refractivity contribution in [2.75, 3.05) is 20.8 Å². The minimum absolute atomic E-state index is 0.363. The van der Waals surface area contributed by atoms with Gasteiger partial charge in [-0.2, -0.15) is 0 Å². The fraction of sp³-hybridized carbons (Fsp3) is 0.545. The first-order valence-corrected chi connectivity index (χ1v) is 10.0. The summed E-state index contributed by atoms with van der Waals surface area (Å²) < 4.78 is 10.6. The number of aromatic nitrogens is 2. The molecule has 0 aliphatic carbocycles. The Morgan fingerprint density at radius 1 is 1.11 bits per heavy atom. The smallest absolute Gasteiger partial charge is 0.130 e. The van der Waals surface area contributed by atoms with Gasteiger partial charge in [0.1, 0.15) is 11.6 Å². The van der Waals surface area contributed by atoms with Gasteiger partial charge < -0.3 is 14.6 Å². The summed E-state index contributed by atoms with van der Waals surface area (Å²) in [5.74, 6) is 1.59. The Labute approximate surface area is 166 Å². The fourth-order valence-electron chi connectivity index (χ4n) is 4.82.